The number of rotatable bonds is 2. The van der Waals surface area contributed by atoms with Gasteiger partial charge in [0.25, 0.3) is 0 Å². The second-order valence-electron chi connectivity index (χ2n) is 3.97. The predicted molar refractivity (Wildman–Crippen MR) is 57.3 cm³/mol. The van der Waals surface area contributed by atoms with Crippen LogP contribution in [0.5, 0.6) is 0 Å². The summed E-state index contributed by atoms with van der Waals surface area (Å²) in [5, 5.41) is 5.61. The van der Waals surface area contributed by atoms with Crippen molar-refractivity contribution < 1.29 is 4.79 Å². The molecule has 5 heteroatoms. The molecule has 4 nitrogen and oxygen atoms in total. The molecule has 1 unspecified atom stereocenters. The Hall–Kier alpha value is -0.840. The van der Waals surface area contributed by atoms with Gasteiger partial charge in [0.1, 0.15) is 6.04 Å². The lowest BCUT2D eigenvalue weighted by Gasteiger charge is -2.23. The van der Waals surface area contributed by atoms with Crippen LogP contribution in [0.25, 0.3) is 0 Å². The van der Waals surface area contributed by atoms with Gasteiger partial charge in [-0.15, -0.1) is 0 Å². The van der Waals surface area contributed by atoms with E-state index in [2.05, 4.69) is 22.9 Å². The Bertz CT molecular complexity index is 210. The molecule has 0 spiro atoms. The van der Waals surface area contributed by atoms with Gasteiger partial charge in [0.2, 0.25) is 5.91 Å². The third-order valence-electron chi connectivity index (χ3n) is 1.25. The summed E-state index contributed by atoms with van der Waals surface area (Å²) in [4.78, 5) is 11.4. The molecule has 1 atom stereocenters. The molecule has 0 fully saturated rings. The third kappa shape index (κ3) is 6.33. The first-order valence-electron chi connectivity index (χ1n) is 4.10. The molecule has 76 valence electrons. The molecule has 1 amide bonds. The highest BCUT2D eigenvalue weighted by Gasteiger charge is 2.18. The fourth-order valence-electron chi connectivity index (χ4n) is 0.757. The van der Waals surface area contributed by atoms with Crippen molar-refractivity contribution in [3.05, 3.63) is 0 Å². The third-order valence-corrected chi connectivity index (χ3v) is 1.37. The molecule has 0 aliphatic carbocycles. The first kappa shape index (κ1) is 12.2. The molecule has 4 N–H and O–H groups in total. The van der Waals surface area contributed by atoms with Crippen molar-refractivity contribution in [2.75, 3.05) is 0 Å². The zero-order valence-electron chi connectivity index (χ0n) is 8.47. The van der Waals surface area contributed by atoms with Crippen molar-refractivity contribution in [2.45, 2.75) is 39.3 Å². The molecule has 0 aliphatic rings. The molecule has 13 heavy (non-hydrogen) atoms. The van der Waals surface area contributed by atoms with Crippen molar-refractivity contribution in [3.63, 3.8) is 0 Å². The van der Waals surface area contributed by atoms with E-state index in [1.165, 1.54) is 0 Å². The maximum Gasteiger partial charge on any atom is 0.242 e. The molecular formula is C8H17N3OS. The maximum absolute atomic E-state index is 11.4. The average molecular weight is 203 g/mol. The van der Waals surface area contributed by atoms with Gasteiger partial charge < -0.3 is 16.4 Å². The van der Waals surface area contributed by atoms with Crippen LogP contribution in [0.3, 0.4) is 0 Å². The summed E-state index contributed by atoms with van der Waals surface area (Å²) in [5.74, 6) is -0.111. The van der Waals surface area contributed by atoms with E-state index in [1.54, 1.807) is 6.92 Å². The molecule has 0 rings (SSSR count). The van der Waals surface area contributed by atoms with Crippen molar-refractivity contribution >= 4 is 23.2 Å². The smallest absolute Gasteiger partial charge is 0.242 e. The van der Waals surface area contributed by atoms with E-state index in [1.807, 2.05) is 20.8 Å². The van der Waals surface area contributed by atoms with Gasteiger partial charge in [-0.2, -0.15) is 0 Å². The SMILES string of the molecule is CC(NC(N)=S)C(=O)NC(C)(C)C. The van der Waals surface area contributed by atoms with Gasteiger partial charge in [0.15, 0.2) is 5.11 Å². The number of amides is 1. The first-order chi connectivity index (χ1) is 5.72. The van der Waals surface area contributed by atoms with Gasteiger partial charge >= 0.3 is 0 Å². The van der Waals surface area contributed by atoms with Gasteiger partial charge in [0.05, 0.1) is 0 Å². The standard InChI is InChI=1S/C8H17N3OS/c1-5(10-7(9)13)6(12)11-8(2,3)4/h5H,1-4H3,(H,11,12)(H3,9,10,13). The second kappa shape index (κ2) is 4.41. The number of nitrogens with one attached hydrogen (secondary N) is 2. The Morgan fingerprint density at radius 1 is 1.46 bits per heavy atom. The second-order valence-corrected chi connectivity index (χ2v) is 4.41. The number of hydrogen-bond acceptors (Lipinski definition) is 2. The summed E-state index contributed by atoms with van der Waals surface area (Å²) in [5.41, 5.74) is 5.00. The average Bonchev–Trinajstić information content (AvgIpc) is 1.81. The van der Waals surface area contributed by atoms with E-state index in [4.69, 9.17) is 5.73 Å². The summed E-state index contributed by atoms with van der Waals surface area (Å²) >= 11 is 4.62. The molecule has 0 aliphatic heterocycles. The minimum absolute atomic E-state index is 0.111. The largest absolute Gasteiger partial charge is 0.376 e. The molecule has 0 saturated carbocycles. The normalized spacial score (nSPS) is 13.2. The van der Waals surface area contributed by atoms with Crippen LogP contribution in [-0.2, 0) is 4.79 Å². The summed E-state index contributed by atoms with van der Waals surface area (Å²) in [6, 6.07) is -0.392. The zero-order valence-corrected chi connectivity index (χ0v) is 9.29. The van der Waals surface area contributed by atoms with E-state index in [0.717, 1.165) is 0 Å². The monoisotopic (exact) mass is 203 g/mol. The lowest BCUT2D eigenvalue weighted by atomic mass is 10.1. The summed E-state index contributed by atoms with van der Waals surface area (Å²) in [7, 11) is 0. The van der Waals surface area contributed by atoms with E-state index < -0.39 is 6.04 Å². The van der Waals surface area contributed by atoms with Crippen LogP contribution in [0, 0.1) is 0 Å². The van der Waals surface area contributed by atoms with E-state index >= 15 is 0 Å². The van der Waals surface area contributed by atoms with Gasteiger partial charge in [0, 0.05) is 5.54 Å². The van der Waals surface area contributed by atoms with Gasteiger partial charge in [-0.05, 0) is 39.9 Å². The highest BCUT2D eigenvalue weighted by molar-refractivity contribution is 7.80. The minimum atomic E-state index is -0.392. The molecule has 0 saturated heterocycles. The number of carbonyl (C=O) groups is 1. The molecule has 0 aromatic rings. The molecule has 0 aromatic carbocycles. The molecule has 0 heterocycles. The Kier molecular flexibility index (Phi) is 4.13. The Labute approximate surface area is 84.3 Å². The quantitative estimate of drug-likeness (QED) is 0.558. The Morgan fingerprint density at radius 2 is 1.92 bits per heavy atom. The highest BCUT2D eigenvalue weighted by Crippen LogP contribution is 1.98. The molecule has 0 aromatic heterocycles. The van der Waals surface area contributed by atoms with Crippen LogP contribution in [0.4, 0.5) is 0 Å². The van der Waals surface area contributed by atoms with E-state index in [-0.39, 0.29) is 16.6 Å². The lowest BCUT2D eigenvalue weighted by Crippen LogP contribution is -2.51. The van der Waals surface area contributed by atoms with Crippen LogP contribution >= 0.6 is 12.2 Å². The van der Waals surface area contributed by atoms with E-state index in [9.17, 15) is 4.79 Å². The Morgan fingerprint density at radius 3 is 2.23 bits per heavy atom. The fraction of sp³-hybridized carbons (Fsp3) is 0.750. The number of carbonyl (C=O) groups excluding carboxylic acids is 1. The van der Waals surface area contributed by atoms with Crippen LogP contribution in [0.2, 0.25) is 0 Å². The molecule has 0 bridgehead atoms. The topological polar surface area (TPSA) is 67.1 Å². The molecule has 0 radical (unpaired) electrons. The van der Waals surface area contributed by atoms with E-state index in [0.29, 0.717) is 0 Å². The van der Waals surface area contributed by atoms with Gasteiger partial charge in [-0.1, -0.05) is 0 Å². The summed E-state index contributed by atoms with van der Waals surface area (Å²) in [6.45, 7) is 7.45. The van der Waals surface area contributed by atoms with Crippen LogP contribution < -0.4 is 16.4 Å². The fourth-order valence-corrected chi connectivity index (χ4v) is 0.934. The Balaban J connectivity index is 4.05. The van der Waals surface area contributed by atoms with Crippen molar-refractivity contribution in [1.82, 2.24) is 10.6 Å². The zero-order chi connectivity index (χ0) is 10.6. The number of nitrogens with two attached hydrogens (primary N) is 1. The first-order valence-corrected chi connectivity index (χ1v) is 4.51. The highest BCUT2D eigenvalue weighted by atomic mass is 32.1. The van der Waals surface area contributed by atoms with Crippen molar-refractivity contribution in [3.8, 4) is 0 Å². The van der Waals surface area contributed by atoms with Crippen molar-refractivity contribution in [1.29, 1.82) is 0 Å². The summed E-state index contributed by atoms with van der Waals surface area (Å²) < 4.78 is 0. The van der Waals surface area contributed by atoms with Crippen molar-refractivity contribution in [2.24, 2.45) is 5.73 Å². The van der Waals surface area contributed by atoms with Crippen LogP contribution in [0.1, 0.15) is 27.7 Å². The maximum atomic E-state index is 11.4. The minimum Gasteiger partial charge on any atom is -0.376 e. The summed E-state index contributed by atoms with van der Waals surface area (Å²) in [6.07, 6.45) is 0. The predicted octanol–water partition coefficient (Wildman–Crippen LogP) is 0.123. The van der Waals surface area contributed by atoms with Gasteiger partial charge in [-0.3, -0.25) is 4.79 Å². The van der Waals surface area contributed by atoms with Crippen LogP contribution in [-0.4, -0.2) is 22.6 Å². The molecular weight excluding hydrogens is 186 g/mol. The number of thiocarbonyl (C=S) groups is 1. The lowest BCUT2D eigenvalue weighted by molar-refractivity contribution is -0.123. The van der Waals surface area contributed by atoms with Crippen LogP contribution in [0.15, 0.2) is 0 Å². The number of hydrogen-bond donors (Lipinski definition) is 3. The van der Waals surface area contributed by atoms with Gasteiger partial charge in [-0.25, -0.2) is 0 Å².